The van der Waals surface area contributed by atoms with Crippen LogP contribution in [-0.2, 0) is 13.0 Å². The van der Waals surface area contributed by atoms with Crippen molar-refractivity contribution in [2.45, 2.75) is 39.3 Å². The van der Waals surface area contributed by atoms with E-state index in [1.165, 1.54) is 25.5 Å². The Kier molecular flexibility index (Phi) is 6.31. The molecule has 1 heterocycles. The van der Waals surface area contributed by atoms with Gasteiger partial charge >= 0.3 is 0 Å². The summed E-state index contributed by atoms with van der Waals surface area (Å²) in [6.45, 7) is 5.17. The first-order valence-corrected chi connectivity index (χ1v) is 11.0. The van der Waals surface area contributed by atoms with Crippen LogP contribution in [0.4, 0.5) is 0 Å². The number of carbonyl (C=O) groups is 1. The Labute approximate surface area is 194 Å². The van der Waals surface area contributed by atoms with Gasteiger partial charge in [0.25, 0.3) is 5.91 Å². The van der Waals surface area contributed by atoms with Crippen LogP contribution >= 0.6 is 0 Å². The van der Waals surface area contributed by atoms with Crippen LogP contribution < -0.4 is 19.5 Å². The Morgan fingerprint density at radius 2 is 1.76 bits per heavy atom. The molecule has 7 nitrogen and oxygen atoms in total. The molecule has 0 aliphatic heterocycles. The first kappa shape index (κ1) is 22.7. The fourth-order valence-corrected chi connectivity index (χ4v) is 4.57. The minimum atomic E-state index is -0.196. The van der Waals surface area contributed by atoms with E-state index in [2.05, 4.69) is 41.1 Å². The molecule has 0 bridgehead atoms. The zero-order valence-corrected chi connectivity index (χ0v) is 19.8. The molecule has 1 atom stereocenters. The molecule has 0 spiro atoms. The van der Waals surface area contributed by atoms with E-state index in [0.717, 1.165) is 18.4 Å². The molecule has 1 aromatic heterocycles. The van der Waals surface area contributed by atoms with Gasteiger partial charge in [0.2, 0.25) is 5.75 Å². The third-order valence-electron chi connectivity index (χ3n) is 6.17. The van der Waals surface area contributed by atoms with Gasteiger partial charge in [-0.05, 0) is 36.0 Å². The summed E-state index contributed by atoms with van der Waals surface area (Å²) in [6.07, 6.45) is 3.63. The molecule has 0 saturated carbocycles. The summed E-state index contributed by atoms with van der Waals surface area (Å²) in [4.78, 5) is 13.3. The second-order valence-electron chi connectivity index (χ2n) is 9.18. The quantitative estimate of drug-likeness (QED) is 0.579. The Morgan fingerprint density at radius 1 is 1.09 bits per heavy atom. The lowest BCUT2D eigenvalue weighted by Crippen LogP contribution is -2.37. The molecular weight excluding hydrogens is 418 g/mol. The molecule has 1 aliphatic carbocycles. The monoisotopic (exact) mass is 449 g/mol. The van der Waals surface area contributed by atoms with Crippen molar-refractivity contribution in [3.8, 4) is 17.2 Å². The summed E-state index contributed by atoms with van der Waals surface area (Å²) in [5.41, 5.74) is 3.92. The lowest BCUT2D eigenvalue weighted by atomic mass is 9.74. The number of nitrogens with zero attached hydrogens (tertiary/aromatic N) is 2. The van der Waals surface area contributed by atoms with E-state index in [1.54, 1.807) is 19.2 Å². The molecule has 0 fully saturated rings. The van der Waals surface area contributed by atoms with E-state index >= 15 is 0 Å². The predicted octanol–water partition coefficient (Wildman–Crippen LogP) is 4.40. The lowest BCUT2D eigenvalue weighted by molar-refractivity contribution is 0.0918. The number of nitrogens with one attached hydrogen (secondary N) is 1. The van der Waals surface area contributed by atoms with E-state index < -0.39 is 0 Å². The third-order valence-corrected chi connectivity index (χ3v) is 6.17. The van der Waals surface area contributed by atoms with Crippen LogP contribution in [0, 0.1) is 5.41 Å². The van der Waals surface area contributed by atoms with Crippen LogP contribution in [0.5, 0.6) is 17.2 Å². The van der Waals surface area contributed by atoms with Gasteiger partial charge in [-0.1, -0.05) is 44.2 Å². The van der Waals surface area contributed by atoms with Crippen LogP contribution in [0.25, 0.3) is 0 Å². The van der Waals surface area contributed by atoms with E-state index in [1.807, 2.05) is 24.4 Å². The Balaban J connectivity index is 1.62. The molecule has 33 heavy (non-hydrogen) atoms. The first-order chi connectivity index (χ1) is 15.8. The smallest absolute Gasteiger partial charge is 0.252 e. The van der Waals surface area contributed by atoms with Crippen molar-refractivity contribution in [2.75, 3.05) is 21.3 Å². The van der Waals surface area contributed by atoms with Crippen molar-refractivity contribution < 1.29 is 19.0 Å². The van der Waals surface area contributed by atoms with Crippen LogP contribution in [0.1, 0.15) is 53.5 Å². The molecule has 2 aromatic carbocycles. The topological polar surface area (TPSA) is 74.6 Å². The number of aromatic nitrogens is 2. The first-order valence-electron chi connectivity index (χ1n) is 11.0. The van der Waals surface area contributed by atoms with Gasteiger partial charge in [0, 0.05) is 16.8 Å². The van der Waals surface area contributed by atoms with Crippen LogP contribution in [-0.4, -0.2) is 37.0 Å². The van der Waals surface area contributed by atoms with Gasteiger partial charge in [0.1, 0.15) is 0 Å². The molecule has 1 amide bonds. The fraction of sp³-hybridized carbons (Fsp3) is 0.385. The maximum absolute atomic E-state index is 13.3. The highest BCUT2D eigenvalue weighted by Gasteiger charge is 2.36. The number of amides is 1. The number of hydrogen-bond acceptors (Lipinski definition) is 5. The van der Waals surface area contributed by atoms with Crippen LogP contribution in [0.15, 0.2) is 48.7 Å². The highest BCUT2D eigenvalue weighted by atomic mass is 16.5. The van der Waals surface area contributed by atoms with Crippen molar-refractivity contribution >= 4 is 5.91 Å². The van der Waals surface area contributed by atoms with Gasteiger partial charge in [-0.15, -0.1) is 0 Å². The SMILES string of the molecule is COc1cc(C(=O)NC2CC(C)(C)Cc3c2cnn3Cc2ccccc2)cc(OC)c1OC. The van der Waals surface area contributed by atoms with Crippen molar-refractivity contribution in [1.29, 1.82) is 0 Å². The van der Waals surface area contributed by atoms with Crippen molar-refractivity contribution in [3.63, 3.8) is 0 Å². The molecule has 174 valence electrons. The number of benzene rings is 2. The van der Waals surface area contributed by atoms with E-state index in [-0.39, 0.29) is 17.4 Å². The molecular formula is C26H31N3O4. The van der Waals surface area contributed by atoms with Crippen LogP contribution in [0.3, 0.4) is 0 Å². The molecule has 0 radical (unpaired) electrons. The second-order valence-corrected chi connectivity index (χ2v) is 9.18. The highest BCUT2D eigenvalue weighted by Crippen LogP contribution is 2.42. The number of methoxy groups -OCH3 is 3. The summed E-state index contributed by atoms with van der Waals surface area (Å²) in [5.74, 6) is 1.16. The van der Waals surface area contributed by atoms with Gasteiger partial charge in [-0.2, -0.15) is 5.10 Å². The largest absolute Gasteiger partial charge is 0.493 e. The molecule has 1 aliphatic rings. The number of hydrogen-bond donors (Lipinski definition) is 1. The minimum absolute atomic E-state index is 0.0225. The Bertz CT molecular complexity index is 1110. The van der Waals surface area contributed by atoms with E-state index in [0.29, 0.717) is 29.4 Å². The van der Waals surface area contributed by atoms with Gasteiger partial charge in [0.15, 0.2) is 11.5 Å². The van der Waals surface area contributed by atoms with E-state index in [9.17, 15) is 4.79 Å². The summed E-state index contributed by atoms with van der Waals surface area (Å²) >= 11 is 0. The van der Waals surface area contributed by atoms with Gasteiger partial charge in [-0.25, -0.2) is 0 Å². The summed E-state index contributed by atoms with van der Waals surface area (Å²) in [5, 5.41) is 7.90. The summed E-state index contributed by atoms with van der Waals surface area (Å²) in [7, 11) is 4.62. The third kappa shape index (κ3) is 4.67. The minimum Gasteiger partial charge on any atom is -0.493 e. The summed E-state index contributed by atoms with van der Waals surface area (Å²) < 4.78 is 18.3. The molecule has 3 aromatic rings. The number of carbonyl (C=O) groups excluding carboxylic acids is 1. The molecule has 4 rings (SSSR count). The molecule has 1 unspecified atom stereocenters. The van der Waals surface area contributed by atoms with E-state index in [4.69, 9.17) is 14.2 Å². The second kappa shape index (κ2) is 9.17. The number of rotatable bonds is 7. The predicted molar refractivity (Wildman–Crippen MR) is 126 cm³/mol. The Hall–Kier alpha value is -3.48. The van der Waals surface area contributed by atoms with Gasteiger partial charge in [0.05, 0.1) is 40.1 Å². The van der Waals surface area contributed by atoms with Crippen LogP contribution in [0.2, 0.25) is 0 Å². The zero-order valence-electron chi connectivity index (χ0n) is 19.8. The average Bonchev–Trinajstić information content (AvgIpc) is 3.19. The molecule has 0 saturated heterocycles. The standard InChI is InChI=1S/C26H31N3O4/c1-26(2)13-20(19-15-27-29(21(19)14-26)16-17-9-7-6-8-10-17)28-25(30)18-11-22(31-3)24(33-5)23(12-18)32-4/h6-12,15,20H,13-14,16H2,1-5H3,(H,28,30). The summed E-state index contributed by atoms with van der Waals surface area (Å²) in [6, 6.07) is 13.5. The number of fused-ring (bicyclic) bond motifs is 1. The maximum Gasteiger partial charge on any atom is 0.252 e. The van der Waals surface area contributed by atoms with Crippen molar-refractivity contribution in [2.24, 2.45) is 5.41 Å². The van der Waals surface area contributed by atoms with Crippen molar-refractivity contribution in [1.82, 2.24) is 15.1 Å². The van der Waals surface area contributed by atoms with Gasteiger partial charge in [-0.3, -0.25) is 9.48 Å². The molecule has 7 heteroatoms. The maximum atomic E-state index is 13.3. The Morgan fingerprint density at radius 3 is 2.36 bits per heavy atom. The fourth-order valence-electron chi connectivity index (χ4n) is 4.57. The van der Waals surface area contributed by atoms with Gasteiger partial charge < -0.3 is 19.5 Å². The normalized spacial score (nSPS) is 16.6. The lowest BCUT2D eigenvalue weighted by Gasteiger charge is -2.36. The average molecular weight is 450 g/mol. The van der Waals surface area contributed by atoms with Crippen molar-refractivity contribution in [3.05, 3.63) is 71.0 Å². The highest BCUT2D eigenvalue weighted by molar-refractivity contribution is 5.96. The number of ether oxygens (including phenoxy) is 3. The zero-order chi connectivity index (χ0) is 23.6. The molecule has 1 N–H and O–H groups in total.